The summed E-state index contributed by atoms with van der Waals surface area (Å²) in [6, 6.07) is 8.60. The van der Waals surface area contributed by atoms with Crippen LogP contribution in [0.2, 0.25) is 0 Å². The molecule has 1 aliphatic heterocycles. The van der Waals surface area contributed by atoms with Crippen molar-refractivity contribution in [3.63, 3.8) is 0 Å². The van der Waals surface area contributed by atoms with Crippen molar-refractivity contribution in [2.24, 2.45) is 5.92 Å². The van der Waals surface area contributed by atoms with Gasteiger partial charge in [-0.1, -0.05) is 12.1 Å². The Hall–Kier alpha value is -1.28. The maximum atomic E-state index is 5.69. The molecule has 0 spiro atoms. The van der Waals surface area contributed by atoms with E-state index in [9.17, 15) is 0 Å². The van der Waals surface area contributed by atoms with Gasteiger partial charge in [-0.2, -0.15) is 0 Å². The van der Waals surface area contributed by atoms with Gasteiger partial charge in [0.25, 0.3) is 0 Å². The lowest BCUT2D eigenvalue weighted by atomic mass is 9.90. The summed E-state index contributed by atoms with van der Waals surface area (Å²) >= 11 is 0. The molecule has 1 aromatic carbocycles. The van der Waals surface area contributed by atoms with Crippen LogP contribution in [0.4, 0.5) is 0 Å². The fraction of sp³-hybridized carbons (Fsp3) is 0.467. The Balaban J connectivity index is 1.88. The van der Waals surface area contributed by atoms with Gasteiger partial charge in [-0.3, -0.25) is 0 Å². The molecule has 1 fully saturated rings. The van der Waals surface area contributed by atoms with Gasteiger partial charge in [-0.25, -0.2) is 0 Å². The van der Waals surface area contributed by atoms with Gasteiger partial charge in [0.1, 0.15) is 11.3 Å². The van der Waals surface area contributed by atoms with Gasteiger partial charge in [0.2, 0.25) is 0 Å². The lowest BCUT2D eigenvalue weighted by molar-refractivity contribution is 0.373. The van der Waals surface area contributed by atoms with Crippen molar-refractivity contribution >= 4 is 11.0 Å². The van der Waals surface area contributed by atoms with E-state index in [2.05, 4.69) is 29.6 Å². The highest BCUT2D eigenvalue weighted by molar-refractivity contribution is 5.81. The molecule has 90 valence electrons. The second kappa shape index (κ2) is 4.53. The number of nitrogens with one attached hydrogen (secondary N) is 1. The molecule has 1 aromatic heterocycles. The van der Waals surface area contributed by atoms with E-state index in [0.717, 1.165) is 17.3 Å². The second-order valence-electron chi connectivity index (χ2n) is 5.08. The number of hydrogen-bond acceptors (Lipinski definition) is 2. The molecule has 17 heavy (non-hydrogen) atoms. The number of fused-ring (bicyclic) bond motifs is 1. The van der Waals surface area contributed by atoms with Crippen LogP contribution in [0, 0.1) is 12.8 Å². The zero-order valence-electron chi connectivity index (χ0n) is 10.3. The maximum Gasteiger partial charge on any atom is 0.134 e. The topological polar surface area (TPSA) is 25.2 Å². The van der Waals surface area contributed by atoms with Crippen molar-refractivity contribution in [3.8, 4) is 0 Å². The molecule has 0 aliphatic carbocycles. The molecule has 1 N–H and O–H groups in total. The maximum absolute atomic E-state index is 5.69. The summed E-state index contributed by atoms with van der Waals surface area (Å²) < 4.78 is 5.69. The SMILES string of the molecule is Cc1cc2c(CC3CCNCC3)cccc2o1. The third-order valence-electron chi connectivity index (χ3n) is 3.74. The van der Waals surface area contributed by atoms with Crippen LogP contribution in [-0.4, -0.2) is 13.1 Å². The quantitative estimate of drug-likeness (QED) is 0.855. The molecule has 3 rings (SSSR count). The Morgan fingerprint density at radius 1 is 1.29 bits per heavy atom. The lowest BCUT2D eigenvalue weighted by Gasteiger charge is -2.22. The Kier molecular flexibility index (Phi) is 2.89. The van der Waals surface area contributed by atoms with Crippen LogP contribution in [0.5, 0.6) is 0 Å². The van der Waals surface area contributed by atoms with E-state index in [0.29, 0.717) is 0 Å². The molecular formula is C15H19NO. The molecule has 0 saturated carbocycles. The molecule has 0 amide bonds. The predicted molar refractivity (Wildman–Crippen MR) is 70.2 cm³/mol. The first-order valence-electron chi connectivity index (χ1n) is 6.52. The van der Waals surface area contributed by atoms with Crippen molar-refractivity contribution in [1.82, 2.24) is 5.32 Å². The smallest absolute Gasteiger partial charge is 0.134 e. The molecule has 0 bridgehead atoms. The molecule has 1 saturated heterocycles. The van der Waals surface area contributed by atoms with E-state index in [1.165, 1.54) is 43.3 Å². The zero-order chi connectivity index (χ0) is 11.7. The van der Waals surface area contributed by atoms with Crippen LogP contribution in [0.25, 0.3) is 11.0 Å². The Morgan fingerprint density at radius 2 is 2.12 bits per heavy atom. The highest BCUT2D eigenvalue weighted by Crippen LogP contribution is 2.26. The largest absolute Gasteiger partial charge is 0.461 e. The first kappa shape index (κ1) is 10.8. The van der Waals surface area contributed by atoms with Crippen LogP contribution in [0.1, 0.15) is 24.2 Å². The summed E-state index contributed by atoms with van der Waals surface area (Å²) in [5.74, 6) is 1.84. The minimum Gasteiger partial charge on any atom is -0.461 e. The van der Waals surface area contributed by atoms with Crippen LogP contribution in [-0.2, 0) is 6.42 Å². The first-order chi connectivity index (χ1) is 8.33. The van der Waals surface area contributed by atoms with E-state index in [4.69, 9.17) is 4.42 Å². The standard InChI is InChI=1S/C15H19NO/c1-11-9-14-13(3-2-4-15(14)17-11)10-12-5-7-16-8-6-12/h2-4,9,12,16H,5-8,10H2,1H3. The summed E-state index contributed by atoms with van der Waals surface area (Å²) in [7, 11) is 0. The minimum atomic E-state index is 0.831. The number of hydrogen-bond donors (Lipinski definition) is 1. The molecule has 0 atom stereocenters. The van der Waals surface area contributed by atoms with Crippen molar-refractivity contribution in [2.75, 3.05) is 13.1 Å². The molecule has 2 heterocycles. The third kappa shape index (κ3) is 2.22. The summed E-state index contributed by atoms with van der Waals surface area (Å²) in [5, 5.41) is 4.73. The first-order valence-corrected chi connectivity index (χ1v) is 6.52. The van der Waals surface area contributed by atoms with Gasteiger partial charge < -0.3 is 9.73 Å². The molecule has 0 unspecified atom stereocenters. The normalized spacial score (nSPS) is 17.7. The zero-order valence-corrected chi connectivity index (χ0v) is 10.3. The van der Waals surface area contributed by atoms with Crippen LogP contribution >= 0.6 is 0 Å². The summed E-state index contributed by atoms with van der Waals surface area (Å²) in [6.45, 7) is 4.37. The molecule has 1 aliphatic rings. The molecule has 2 nitrogen and oxygen atoms in total. The number of piperidine rings is 1. The van der Waals surface area contributed by atoms with Gasteiger partial charge in [0.15, 0.2) is 0 Å². The van der Waals surface area contributed by atoms with Gasteiger partial charge in [0.05, 0.1) is 0 Å². The van der Waals surface area contributed by atoms with E-state index in [1.54, 1.807) is 0 Å². The van der Waals surface area contributed by atoms with Gasteiger partial charge in [0, 0.05) is 5.39 Å². The average molecular weight is 229 g/mol. The van der Waals surface area contributed by atoms with E-state index in [1.807, 2.05) is 6.92 Å². The summed E-state index contributed by atoms with van der Waals surface area (Å²) in [5.41, 5.74) is 2.49. The number of furan rings is 1. The Morgan fingerprint density at radius 3 is 2.94 bits per heavy atom. The number of aryl methyl sites for hydroxylation is 1. The number of benzene rings is 1. The molecule has 2 aromatic rings. The van der Waals surface area contributed by atoms with E-state index < -0.39 is 0 Å². The van der Waals surface area contributed by atoms with Crippen molar-refractivity contribution in [1.29, 1.82) is 0 Å². The van der Waals surface area contributed by atoms with Crippen LogP contribution < -0.4 is 5.32 Å². The highest BCUT2D eigenvalue weighted by atomic mass is 16.3. The minimum absolute atomic E-state index is 0.831. The van der Waals surface area contributed by atoms with E-state index >= 15 is 0 Å². The molecular weight excluding hydrogens is 210 g/mol. The van der Waals surface area contributed by atoms with Gasteiger partial charge >= 0.3 is 0 Å². The van der Waals surface area contributed by atoms with Crippen molar-refractivity contribution < 1.29 is 4.42 Å². The summed E-state index contributed by atoms with van der Waals surface area (Å²) in [6.07, 6.45) is 3.79. The summed E-state index contributed by atoms with van der Waals surface area (Å²) in [4.78, 5) is 0. The van der Waals surface area contributed by atoms with Crippen molar-refractivity contribution in [2.45, 2.75) is 26.2 Å². The van der Waals surface area contributed by atoms with Crippen LogP contribution in [0.3, 0.4) is 0 Å². The third-order valence-corrected chi connectivity index (χ3v) is 3.74. The number of rotatable bonds is 2. The Bertz CT molecular complexity index is 509. The lowest BCUT2D eigenvalue weighted by Crippen LogP contribution is -2.28. The van der Waals surface area contributed by atoms with Crippen molar-refractivity contribution in [3.05, 3.63) is 35.6 Å². The fourth-order valence-corrected chi connectivity index (χ4v) is 2.82. The van der Waals surface area contributed by atoms with Gasteiger partial charge in [-0.05, 0) is 62.9 Å². The second-order valence-corrected chi connectivity index (χ2v) is 5.08. The fourth-order valence-electron chi connectivity index (χ4n) is 2.82. The molecule has 2 heteroatoms. The molecule has 0 radical (unpaired) electrons. The monoisotopic (exact) mass is 229 g/mol. The Labute approximate surface area is 102 Å². The average Bonchev–Trinajstić information content (AvgIpc) is 2.72. The van der Waals surface area contributed by atoms with Crippen LogP contribution in [0.15, 0.2) is 28.7 Å². The van der Waals surface area contributed by atoms with E-state index in [-0.39, 0.29) is 0 Å². The van der Waals surface area contributed by atoms with Gasteiger partial charge in [-0.15, -0.1) is 0 Å². The highest BCUT2D eigenvalue weighted by Gasteiger charge is 2.15. The predicted octanol–water partition coefficient (Wildman–Crippen LogP) is 3.28.